The van der Waals surface area contributed by atoms with Crippen LogP contribution in [0.4, 0.5) is 0 Å². The van der Waals surface area contributed by atoms with Crippen LogP contribution in [0, 0.1) is 0 Å². The molecule has 1 aliphatic rings. The van der Waals surface area contributed by atoms with E-state index in [0.29, 0.717) is 6.04 Å². The van der Waals surface area contributed by atoms with Gasteiger partial charge in [-0.1, -0.05) is 6.92 Å². The number of rotatable bonds is 5. The number of hydrogen-bond donors (Lipinski definition) is 1. The van der Waals surface area contributed by atoms with Crippen molar-refractivity contribution in [3.8, 4) is 0 Å². The van der Waals surface area contributed by atoms with Crippen molar-refractivity contribution in [2.24, 2.45) is 0 Å². The Morgan fingerprint density at radius 2 is 2.00 bits per heavy atom. The van der Waals surface area contributed by atoms with Gasteiger partial charge in [0.05, 0.1) is 6.54 Å². The van der Waals surface area contributed by atoms with Gasteiger partial charge in [0.1, 0.15) is 5.82 Å². The lowest BCUT2D eigenvalue weighted by Gasteiger charge is -2.31. The van der Waals surface area contributed by atoms with E-state index < -0.39 is 0 Å². The van der Waals surface area contributed by atoms with Crippen LogP contribution in [0.3, 0.4) is 0 Å². The fraction of sp³-hybridized carbons (Fsp3) is 0.692. The molecule has 0 spiro atoms. The number of likely N-dealkylation sites (tertiary alicyclic amines) is 1. The molecule has 1 aromatic rings. The first-order valence-electron chi connectivity index (χ1n) is 6.60. The number of piperidine rings is 1. The third-order valence-electron chi connectivity index (χ3n) is 3.25. The normalized spacial score (nSPS) is 18.4. The number of nitrogens with one attached hydrogen (secondary N) is 1. The Labute approximate surface area is 103 Å². The van der Waals surface area contributed by atoms with Gasteiger partial charge in [-0.05, 0) is 31.9 Å². The van der Waals surface area contributed by atoms with Crippen LogP contribution in [0.5, 0.6) is 0 Å². The second-order valence-corrected chi connectivity index (χ2v) is 4.67. The van der Waals surface area contributed by atoms with Gasteiger partial charge in [0.2, 0.25) is 0 Å². The quantitative estimate of drug-likeness (QED) is 0.837. The topological polar surface area (TPSA) is 41.0 Å². The second-order valence-electron chi connectivity index (χ2n) is 4.67. The molecule has 0 aromatic carbocycles. The lowest BCUT2D eigenvalue weighted by Crippen LogP contribution is -2.42. The van der Waals surface area contributed by atoms with E-state index in [2.05, 4.69) is 27.1 Å². The van der Waals surface area contributed by atoms with Crippen LogP contribution in [-0.4, -0.2) is 40.5 Å². The zero-order chi connectivity index (χ0) is 11.9. The Hall–Kier alpha value is -1.00. The molecule has 2 rings (SSSR count). The minimum Gasteiger partial charge on any atom is -0.314 e. The van der Waals surface area contributed by atoms with Crippen molar-refractivity contribution < 1.29 is 0 Å². The maximum atomic E-state index is 4.27. The average molecular weight is 234 g/mol. The van der Waals surface area contributed by atoms with Crippen LogP contribution in [0.25, 0.3) is 0 Å². The van der Waals surface area contributed by atoms with Crippen LogP contribution >= 0.6 is 0 Å². The van der Waals surface area contributed by atoms with Gasteiger partial charge >= 0.3 is 0 Å². The van der Waals surface area contributed by atoms with Gasteiger partial charge in [-0.25, -0.2) is 9.97 Å². The molecule has 4 nitrogen and oxygen atoms in total. The molecule has 0 atom stereocenters. The van der Waals surface area contributed by atoms with Crippen LogP contribution in [0.2, 0.25) is 0 Å². The minimum absolute atomic E-state index is 0.711. The Balaban J connectivity index is 1.72. The van der Waals surface area contributed by atoms with Crippen molar-refractivity contribution in [1.82, 2.24) is 20.2 Å². The maximum absolute atomic E-state index is 4.27. The summed E-state index contributed by atoms with van der Waals surface area (Å²) in [7, 11) is 0. The molecule has 0 unspecified atom stereocenters. The highest BCUT2D eigenvalue weighted by Gasteiger charge is 2.18. The predicted octanol–water partition coefficient (Wildman–Crippen LogP) is 1.44. The van der Waals surface area contributed by atoms with E-state index in [-0.39, 0.29) is 0 Å². The largest absolute Gasteiger partial charge is 0.314 e. The molecule has 0 saturated carbocycles. The summed E-state index contributed by atoms with van der Waals surface area (Å²) in [5.74, 6) is 0.937. The van der Waals surface area contributed by atoms with Gasteiger partial charge in [-0.3, -0.25) is 4.90 Å². The summed E-state index contributed by atoms with van der Waals surface area (Å²) < 4.78 is 0. The van der Waals surface area contributed by atoms with E-state index in [1.165, 1.54) is 19.3 Å². The Bertz CT molecular complexity index is 306. The van der Waals surface area contributed by atoms with Crippen LogP contribution in [0.1, 0.15) is 32.0 Å². The monoisotopic (exact) mass is 234 g/mol. The van der Waals surface area contributed by atoms with Gasteiger partial charge in [-0.2, -0.15) is 0 Å². The predicted molar refractivity (Wildman–Crippen MR) is 68.6 cm³/mol. The van der Waals surface area contributed by atoms with E-state index in [1.54, 1.807) is 0 Å². The smallest absolute Gasteiger partial charge is 0.142 e. The van der Waals surface area contributed by atoms with Crippen molar-refractivity contribution in [1.29, 1.82) is 0 Å². The summed E-state index contributed by atoms with van der Waals surface area (Å²) in [6.45, 7) is 6.56. The number of hydrogen-bond acceptors (Lipinski definition) is 4. The van der Waals surface area contributed by atoms with E-state index >= 15 is 0 Å². The van der Waals surface area contributed by atoms with Crippen molar-refractivity contribution >= 4 is 0 Å². The summed E-state index contributed by atoms with van der Waals surface area (Å²) in [5, 5.41) is 3.60. The van der Waals surface area contributed by atoms with Gasteiger partial charge in [0.15, 0.2) is 0 Å². The highest BCUT2D eigenvalue weighted by Crippen LogP contribution is 2.12. The molecule has 1 saturated heterocycles. The summed E-state index contributed by atoms with van der Waals surface area (Å²) in [6.07, 6.45) is 7.34. The highest BCUT2D eigenvalue weighted by atomic mass is 15.2. The van der Waals surface area contributed by atoms with Gasteiger partial charge in [0.25, 0.3) is 0 Å². The highest BCUT2D eigenvalue weighted by molar-refractivity contribution is 4.89. The number of aromatic nitrogens is 2. The van der Waals surface area contributed by atoms with E-state index in [9.17, 15) is 0 Å². The van der Waals surface area contributed by atoms with Gasteiger partial charge in [0, 0.05) is 31.5 Å². The lowest BCUT2D eigenvalue weighted by molar-refractivity contribution is 0.187. The molecule has 0 radical (unpaired) electrons. The molecule has 1 N–H and O–H groups in total. The molecular formula is C13H22N4. The van der Waals surface area contributed by atoms with Gasteiger partial charge in [-0.15, -0.1) is 0 Å². The Morgan fingerprint density at radius 3 is 2.65 bits per heavy atom. The average Bonchev–Trinajstić information content (AvgIpc) is 2.39. The van der Waals surface area contributed by atoms with E-state index in [1.807, 2.05) is 18.5 Å². The van der Waals surface area contributed by atoms with E-state index in [0.717, 1.165) is 32.0 Å². The molecule has 1 aliphatic heterocycles. The molecule has 0 bridgehead atoms. The zero-order valence-electron chi connectivity index (χ0n) is 10.6. The first-order valence-corrected chi connectivity index (χ1v) is 6.60. The first-order chi connectivity index (χ1) is 8.38. The van der Waals surface area contributed by atoms with Crippen LogP contribution < -0.4 is 5.32 Å². The summed E-state index contributed by atoms with van der Waals surface area (Å²) in [5.41, 5.74) is 0. The minimum atomic E-state index is 0.711. The first kappa shape index (κ1) is 12.5. The fourth-order valence-corrected chi connectivity index (χ4v) is 2.26. The molecule has 1 aromatic heterocycles. The SMILES string of the molecule is CCCNC1CCN(Cc2ncccn2)CC1. The molecule has 2 heterocycles. The molecule has 4 heteroatoms. The summed E-state index contributed by atoms with van der Waals surface area (Å²) in [4.78, 5) is 11.0. The molecule has 0 amide bonds. The molecular weight excluding hydrogens is 212 g/mol. The van der Waals surface area contributed by atoms with Crippen molar-refractivity contribution in [2.45, 2.75) is 38.8 Å². The van der Waals surface area contributed by atoms with Crippen LogP contribution in [-0.2, 0) is 6.54 Å². The summed E-state index contributed by atoms with van der Waals surface area (Å²) >= 11 is 0. The Kier molecular flexibility index (Phi) is 4.88. The maximum Gasteiger partial charge on any atom is 0.142 e. The standard InChI is InChI=1S/C13H22N4/c1-2-6-14-12-4-9-17(10-5-12)11-13-15-7-3-8-16-13/h3,7-8,12,14H,2,4-6,9-11H2,1H3. The number of nitrogens with zero attached hydrogens (tertiary/aromatic N) is 3. The van der Waals surface area contributed by atoms with Crippen molar-refractivity contribution in [3.63, 3.8) is 0 Å². The van der Waals surface area contributed by atoms with Crippen molar-refractivity contribution in [3.05, 3.63) is 24.3 Å². The van der Waals surface area contributed by atoms with Crippen LogP contribution in [0.15, 0.2) is 18.5 Å². The second kappa shape index (κ2) is 6.67. The summed E-state index contributed by atoms with van der Waals surface area (Å²) in [6, 6.07) is 2.58. The molecule has 17 heavy (non-hydrogen) atoms. The third kappa shape index (κ3) is 4.06. The molecule has 0 aliphatic carbocycles. The lowest BCUT2D eigenvalue weighted by atomic mass is 10.1. The van der Waals surface area contributed by atoms with Gasteiger partial charge < -0.3 is 5.32 Å². The fourth-order valence-electron chi connectivity index (χ4n) is 2.26. The Morgan fingerprint density at radius 1 is 1.29 bits per heavy atom. The van der Waals surface area contributed by atoms with E-state index in [4.69, 9.17) is 0 Å². The van der Waals surface area contributed by atoms with Crippen molar-refractivity contribution in [2.75, 3.05) is 19.6 Å². The molecule has 94 valence electrons. The third-order valence-corrected chi connectivity index (χ3v) is 3.25. The molecule has 1 fully saturated rings. The zero-order valence-corrected chi connectivity index (χ0v) is 10.6.